The predicted molar refractivity (Wildman–Crippen MR) is 50.8 cm³/mol. The van der Waals surface area contributed by atoms with Gasteiger partial charge in [-0.05, 0) is 25.9 Å². The zero-order chi connectivity index (χ0) is 9.61. The van der Waals surface area contributed by atoms with Crippen LogP contribution >= 0.6 is 0 Å². The number of nitrogens with one attached hydrogen (secondary N) is 1. The lowest BCUT2D eigenvalue weighted by Crippen LogP contribution is -2.43. The molecule has 72 valence electrons. The van der Waals surface area contributed by atoms with Crippen LogP contribution in [0.25, 0.3) is 0 Å². The summed E-state index contributed by atoms with van der Waals surface area (Å²) in [6.07, 6.45) is 1.75. The molecule has 0 unspecified atom stereocenters. The number of nitrogens with two attached hydrogens (primary N) is 1. The lowest BCUT2D eigenvalue weighted by molar-refractivity contribution is -0.128. The Hall–Kier alpha value is -0.570. The Labute approximate surface area is 74.7 Å². The second kappa shape index (κ2) is 5.14. The van der Waals surface area contributed by atoms with Gasteiger partial charge in [0.05, 0.1) is 0 Å². The maximum Gasteiger partial charge on any atom is 0.223 e. The van der Waals surface area contributed by atoms with Crippen LogP contribution in [0, 0.1) is 5.41 Å². The monoisotopic (exact) mass is 172 g/mol. The first-order valence-electron chi connectivity index (χ1n) is 4.66. The quantitative estimate of drug-likeness (QED) is 0.617. The average Bonchev–Trinajstić information content (AvgIpc) is 2.09. The summed E-state index contributed by atoms with van der Waals surface area (Å²) in [6, 6.07) is 0. The minimum atomic E-state index is -0.245. The lowest BCUT2D eigenvalue weighted by atomic mass is 9.80. The molecule has 1 aliphatic heterocycles. The van der Waals surface area contributed by atoms with Crippen LogP contribution in [-0.4, -0.2) is 19.0 Å². The molecule has 1 saturated heterocycles. The van der Waals surface area contributed by atoms with Gasteiger partial charge in [-0.3, -0.25) is 4.79 Å². The van der Waals surface area contributed by atoms with E-state index in [1.54, 1.807) is 0 Å². The van der Waals surface area contributed by atoms with Crippen LogP contribution in [0.15, 0.2) is 0 Å². The highest BCUT2D eigenvalue weighted by atomic mass is 16.1. The van der Waals surface area contributed by atoms with Gasteiger partial charge in [0.25, 0.3) is 0 Å². The summed E-state index contributed by atoms with van der Waals surface area (Å²) in [6.45, 7) is 7.77. The third kappa shape index (κ3) is 2.81. The van der Waals surface area contributed by atoms with Crippen LogP contribution in [0.5, 0.6) is 0 Å². The van der Waals surface area contributed by atoms with Crippen LogP contribution in [0.4, 0.5) is 0 Å². The maximum atomic E-state index is 10.9. The van der Waals surface area contributed by atoms with Gasteiger partial charge in [0.1, 0.15) is 0 Å². The molecule has 0 saturated carbocycles. The van der Waals surface area contributed by atoms with Crippen molar-refractivity contribution < 1.29 is 4.79 Å². The molecule has 1 heterocycles. The molecule has 0 aromatic heterocycles. The molecule has 0 aromatic carbocycles. The Morgan fingerprint density at radius 2 is 1.75 bits per heavy atom. The van der Waals surface area contributed by atoms with Gasteiger partial charge >= 0.3 is 0 Å². The molecule has 0 bridgehead atoms. The highest BCUT2D eigenvalue weighted by Crippen LogP contribution is 2.26. The molecule has 0 aromatic rings. The van der Waals surface area contributed by atoms with E-state index in [1.165, 1.54) is 0 Å². The zero-order valence-corrected chi connectivity index (χ0v) is 8.31. The van der Waals surface area contributed by atoms with Crippen molar-refractivity contribution in [3.63, 3.8) is 0 Å². The van der Waals surface area contributed by atoms with E-state index in [0.717, 1.165) is 25.9 Å². The van der Waals surface area contributed by atoms with E-state index in [0.29, 0.717) is 0 Å². The third-order valence-corrected chi connectivity index (χ3v) is 2.30. The minimum Gasteiger partial charge on any atom is -0.369 e. The summed E-state index contributed by atoms with van der Waals surface area (Å²) in [7, 11) is 0. The van der Waals surface area contributed by atoms with Crippen molar-refractivity contribution in [3.05, 3.63) is 0 Å². The van der Waals surface area contributed by atoms with Crippen molar-refractivity contribution >= 4 is 5.91 Å². The normalized spacial score (nSPS) is 20.6. The molecule has 0 aliphatic carbocycles. The Morgan fingerprint density at radius 3 is 2.00 bits per heavy atom. The second-order valence-electron chi connectivity index (χ2n) is 3.17. The van der Waals surface area contributed by atoms with Gasteiger partial charge in [0, 0.05) is 5.41 Å². The van der Waals surface area contributed by atoms with Crippen LogP contribution in [0.2, 0.25) is 0 Å². The number of amides is 1. The zero-order valence-electron chi connectivity index (χ0n) is 8.31. The second-order valence-corrected chi connectivity index (χ2v) is 3.17. The van der Waals surface area contributed by atoms with Gasteiger partial charge < -0.3 is 11.1 Å². The highest BCUT2D eigenvalue weighted by molar-refractivity contribution is 5.80. The summed E-state index contributed by atoms with van der Waals surface area (Å²) < 4.78 is 0. The summed E-state index contributed by atoms with van der Waals surface area (Å²) in [5, 5.41) is 3.19. The van der Waals surface area contributed by atoms with E-state index in [2.05, 4.69) is 5.32 Å². The smallest absolute Gasteiger partial charge is 0.223 e. The summed E-state index contributed by atoms with van der Waals surface area (Å²) in [5.41, 5.74) is 4.99. The fourth-order valence-electron chi connectivity index (χ4n) is 1.22. The number of hydrogen-bond donors (Lipinski definition) is 2. The van der Waals surface area contributed by atoms with Gasteiger partial charge in [-0.25, -0.2) is 0 Å². The van der Waals surface area contributed by atoms with Crippen molar-refractivity contribution in [1.82, 2.24) is 5.32 Å². The number of carbonyl (C=O) groups excluding carboxylic acids is 1. The Morgan fingerprint density at radius 1 is 1.33 bits per heavy atom. The Kier molecular flexibility index (Phi) is 4.90. The molecule has 1 aliphatic rings. The summed E-state index contributed by atoms with van der Waals surface area (Å²) >= 11 is 0. The molecule has 3 nitrogen and oxygen atoms in total. The predicted octanol–water partition coefficient (Wildman–Crippen LogP) is 0.888. The number of piperidine rings is 1. The lowest BCUT2D eigenvalue weighted by Gasteiger charge is -2.30. The van der Waals surface area contributed by atoms with Crippen LogP contribution < -0.4 is 11.1 Å². The molecule has 3 heteroatoms. The standard InChI is InChI=1S/C7H14N2O.C2H6/c1-7(6(8)10)2-4-9-5-3-7;1-2/h9H,2-5H2,1H3,(H2,8,10);1-2H3. The van der Waals surface area contributed by atoms with Crippen molar-refractivity contribution in [2.45, 2.75) is 33.6 Å². The maximum absolute atomic E-state index is 10.9. The summed E-state index contributed by atoms with van der Waals surface area (Å²) in [4.78, 5) is 10.9. The Balaban J connectivity index is 0.000000561. The van der Waals surface area contributed by atoms with Crippen molar-refractivity contribution in [1.29, 1.82) is 0 Å². The van der Waals surface area contributed by atoms with Crippen LogP contribution in [0.1, 0.15) is 33.6 Å². The van der Waals surface area contributed by atoms with Crippen LogP contribution in [-0.2, 0) is 4.79 Å². The molecule has 12 heavy (non-hydrogen) atoms. The number of carbonyl (C=O) groups is 1. The molecular weight excluding hydrogens is 152 g/mol. The van der Waals surface area contributed by atoms with Gasteiger partial charge in [0.2, 0.25) is 5.91 Å². The number of rotatable bonds is 1. The fourth-order valence-corrected chi connectivity index (χ4v) is 1.22. The van der Waals surface area contributed by atoms with Crippen LogP contribution in [0.3, 0.4) is 0 Å². The van der Waals surface area contributed by atoms with Gasteiger partial charge in [-0.1, -0.05) is 20.8 Å². The van der Waals surface area contributed by atoms with Crippen molar-refractivity contribution in [3.8, 4) is 0 Å². The SMILES string of the molecule is CC.CC1(C(N)=O)CCNCC1. The van der Waals surface area contributed by atoms with Crippen molar-refractivity contribution in [2.75, 3.05) is 13.1 Å². The molecular formula is C9H20N2O. The average molecular weight is 172 g/mol. The van der Waals surface area contributed by atoms with E-state index >= 15 is 0 Å². The Bertz CT molecular complexity index is 139. The summed E-state index contributed by atoms with van der Waals surface area (Å²) in [5.74, 6) is -0.158. The first kappa shape index (κ1) is 11.4. The van der Waals surface area contributed by atoms with E-state index in [-0.39, 0.29) is 11.3 Å². The fraction of sp³-hybridized carbons (Fsp3) is 0.889. The van der Waals surface area contributed by atoms with E-state index < -0.39 is 0 Å². The third-order valence-electron chi connectivity index (χ3n) is 2.30. The number of hydrogen-bond acceptors (Lipinski definition) is 2. The molecule has 3 N–H and O–H groups in total. The molecule has 0 radical (unpaired) electrons. The number of primary amides is 1. The molecule has 1 amide bonds. The van der Waals surface area contributed by atoms with E-state index in [1.807, 2.05) is 20.8 Å². The van der Waals surface area contributed by atoms with Gasteiger partial charge in [-0.15, -0.1) is 0 Å². The van der Waals surface area contributed by atoms with E-state index in [9.17, 15) is 4.79 Å². The largest absolute Gasteiger partial charge is 0.369 e. The van der Waals surface area contributed by atoms with Crippen molar-refractivity contribution in [2.24, 2.45) is 11.1 Å². The molecule has 1 fully saturated rings. The highest BCUT2D eigenvalue weighted by Gasteiger charge is 2.32. The topological polar surface area (TPSA) is 55.1 Å². The van der Waals surface area contributed by atoms with Gasteiger partial charge in [-0.2, -0.15) is 0 Å². The first-order valence-corrected chi connectivity index (χ1v) is 4.66. The molecule has 0 spiro atoms. The van der Waals surface area contributed by atoms with Gasteiger partial charge in [0.15, 0.2) is 0 Å². The molecule has 0 atom stereocenters. The first-order chi connectivity index (χ1) is 5.65. The molecule has 1 rings (SSSR count). The van der Waals surface area contributed by atoms with E-state index in [4.69, 9.17) is 5.73 Å². The minimum absolute atomic E-state index is 0.158.